The minimum absolute atomic E-state index is 0.187. The Hall–Kier alpha value is -3.15. The minimum atomic E-state index is -0.865. The first-order chi connectivity index (χ1) is 11.8. The molecule has 9 nitrogen and oxygen atoms in total. The summed E-state index contributed by atoms with van der Waals surface area (Å²) >= 11 is 0. The lowest BCUT2D eigenvalue weighted by Crippen LogP contribution is -2.43. The summed E-state index contributed by atoms with van der Waals surface area (Å²) in [5.41, 5.74) is -0.557. The smallest absolute Gasteiger partial charge is 0.325 e. The van der Waals surface area contributed by atoms with Gasteiger partial charge in [0.25, 0.3) is 11.6 Å². The first kappa shape index (κ1) is 18.2. The summed E-state index contributed by atoms with van der Waals surface area (Å²) < 4.78 is 0. The van der Waals surface area contributed by atoms with Crippen molar-refractivity contribution in [3.8, 4) is 6.07 Å². The third-order valence-electron chi connectivity index (χ3n) is 4.25. The van der Waals surface area contributed by atoms with Gasteiger partial charge in [0.1, 0.15) is 11.2 Å². The fourth-order valence-electron chi connectivity index (χ4n) is 2.55. The molecule has 0 saturated carbocycles. The number of amides is 3. The highest BCUT2D eigenvalue weighted by Crippen LogP contribution is 2.25. The predicted octanol–water partition coefficient (Wildman–Crippen LogP) is 1.99. The number of nitrogens with zero attached hydrogens (tertiary/aromatic N) is 3. The number of nitro benzene ring substituents is 1. The van der Waals surface area contributed by atoms with Crippen LogP contribution in [-0.4, -0.2) is 40.4 Å². The van der Waals surface area contributed by atoms with E-state index in [-0.39, 0.29) is 23.7 Å². The molecule has 3 amide bonds. The first-order valence-corrected chi connectivity index (χ1v) is 7.89. The highest BCUT2D eigenvalue weighted by atomic mass is 16.6. The second kappa shape index (κ2) is 7.17. The van der Waals surface area contributed by atoms with Gasteiger partial charge in [0.2, 0.25) is 0 Å². The second-order valence-electron chi connectivity index (χ2n) is 5.95. The maximum Gasteiger partial charge on any atom is 0.325 e. The van der Waals surface area contributed by atoms with E-state index in [9.17, 15) is 19.7 Å². The average Bonchev–Trinajstić information content (AvgIpc) is 2.81. The number of carbonyl (C=O) groups is 2. The van der Waals surface area contributed by atoms with Crippen LogP contribution < -0.4 is 10.6 Å². The van der Waals surface area contributed by atoms with E-state index in [4.69, 9.17) is 5.26 Å². The van der Waals surface area contributed by atoms with Crippen LogP contribution in [0.5, 0.6) is 0 Å². The van der Waals surface area contributed by atoms with Gasteiger partial charge < -0.3 is 10.6 Å². The zero-order chi connectivity index (χ0) is 18.6. The zero-order valence-electron chi connectivity index (χ0n) is 14.0. The fourth-order valence-corrected chi connectivity index (χ4v) is 2.55. The van der Waals surface area contributed by atoms with Crippen molar-refractivity contribution in [2.75, 3.05) is 18.4 Å². The monoisotopic (exact) mass is 345 g/mol. The van der Waals surface area contributed by atoms with Gasteiger partial charge in [-0.2, -0.15) is 5.26 Å². The molecule has 0 aromatic heterocycles. The molecule has 1 saturated heterocycles. The number of benzene rings is 1. The fraction of sp³-hybridized carbons (Fsp3) is 0.438. The topological polar surface area (TPSA) is 128 Å². The van der Waals surface area contributed by atoms with E-state index in [1.807, 2.05) is 13.0 Å². The SMILES string of the molecule is CC[C@]1(C)NC(=O)N(CCCNc2ccc(C#N)cc2[N+](=O)[O-])C1=O. The van der Waals surface area contributed by atoms with E-state index in [1.165, 1.54) is 23.1 Å². The number of anilines is 1. The molecule has 9 heteroatoms. The molecule has 1 aromatic rings. The number of hydrogen-bond acceptors (Lipinski definition) is 6. The van der Waals surface area contributed by atoms with Gasteiger partial charge in [0, 0.05) is 19.2 Å². The number of urea groups is 1. The lowest BCUT2D eigenvalue weighted by molar-refractivity contribution is -0.384. The molecule has 25 heavy (non-hydrogen) atoms. The molecule has 0 bridgehead atoms. The Morgan fingerprint density at radius 2 is 2.16 bits per heavy atom. The van der Waals surface area contributed by atoms with Crippen LogP contribution in [0.2, 0.25) is 0 Å². The second-order valence-corrected chi connectivity index (χ2v) is 5.95. The number of rotatable bonds is 7. The Morgan fingerprint density at radius 3 is 2.72 bits per heavy atom. The van der Waals surface area contributed by atoms with Gasteiger partial charge in [-0.3, -0.25) is 19.8 Å². The lowest BCUT2D eigenvalue weighted by atomic mass is 9.99. The predicted molar refractivity (Wildman–Crippen MR) is 89.9 cm³/mol. The largest absolute Gasteiger partial charge is 0.379 e. The standard InChI is InChI=1S/C16H19N5O4/c1-3-16(2)14(22)20(15(23)19-16)8-4-7-18-12-6-5-11(10-17)9-13(12)21(24)25/h5-6,9,18H,3-4,7-8H2,1-2H3,(H,19,23)/t16-/m0/s1. The number of hydrogen-bond donors (Lipinski definition) is 2. The van der Waals surface area contributed by atoms with Gasteiger partial charge in [-0.1, -0.05) is 6.92 Å². The van der Waals surface area contributed by atoms with Crippen molar-refractivity contribution in [1.82, 2.24) is 10.2 Å². The summed E-state index contributed by atoms with van der Waals surface area (Å²) in [6.07, 6.45) is 0.944. The van der Waals surface area contributed by atoms with Crippen molar-refractivity contribution in [2.24, 2.45) is 0 Å². The third kappa shape index (κ3) is 3.68. The summed E-state index contributed by atoms with van der Waals surface area (Å²) in [6, 6.07) is 5.60. The number of nitriles is 1. The molecule has 1 atom stereocenters. The van der Waals surface area contributed by atoms with Crippen molar-refractivity contribution in [1.29, 1.82) is 5.26 Å². The van der Waals surface area contributed by atoms with Gasteiger partial charge in [-0.15, -0.1) is 0 Å². The number of imide groups is 1. The van der Waals surface area contributed by atoms with E-state index in [1.54, 1.807) is 6.92 Å². The summed E-state index contributed by atoms with van der Waals surface area (Å²) in [5.74, 6) is -0.260. The van der Waals surface area contributed by atoms with Crippen molar-refractivity contribution >= 4 is 23.3 Å². The molecule has 2 rings (SSSR count). The molecule has 0 radical (unpaired) electrons. The van der Waals surface area contributed by atoms with Crippen LogP contribution in [0.4, 0.5) is 16.2 Å². The Bertz CT molecular complexity index is 757. The maximum absolute atomic E-state index is 12.2. The number of nitrogens with one attached hydrogen (secondary N) is 2. The molecule has 1 aromatic carbocycles. The van der Waals surface area contributed by atoms with Crippen LogP contribution in [-0.2, 0) is 4.79 Å². The van der Waals surface area contributed by atoms with Gasteiger partial charge in [-0.05, 0) is 31.9 Å². The van der Waals surface area contributed by atoms with Crippen LogP contribution in [0, 0.1) is 21.4 Å². The molecule has 132 valence electrons. The molecule has 1 heterocycles. The van der Waals surface area contributed by atoms with Crippen molar-refractivity contribution in [2.45, 2.75) is 32.2 Å². The normalized spacial score (nSPS) is 19.5. The van der Waals surface area contributed by atoms with Gasteiger partial charge in [0.15, 0.2) is 0 Å². The Kier molecular flexibility index (Phi) is 5.22. The maximum atomic E-state index is 12.2. The summed E-state index contributed by atoms with van der Waals surface area (Å²) in [4.78, 5) is 35.8. The highest BCUT2D eigenvalue weighted by molar-refractivity contribution is 6.06. The molecule has 1 aliphatic rings. The van der Waals surface area contributed by atoms with E-state index in [0.29, 0.717) is 25.1 Å². The van der Waals surface area contributed by atoms with E-state index in [2.05, 4.69) is 10.6 Å². The van der Waals surface area contributed by atoms with Crippen molar-refractivity contribution < 1.29 is 14.5 Å². The quantitative estimate of drug-likeness (QED) is 0.336. The van der Waals surface area contributed by atoms with Crippen LogP contribution in [0.15, 0.2) is 18.2 Å². The molecule has 0 aliphatic carbocycles. The number of carbonyl (C=O) groups excluding carboxylic acids is 2. The van der Waals surface area contributed by atoms with E-state index >= 15 is 0 Å². The van der Waals surface area contributed by atoms with Crippen molar-refractivity contribution in [3.63, 3.8) is 0 Å². The van der Waals surface area contributed by atoms with E-state index in [0.717, 1.165) is 0 Å². The van der Waals surface area contributed by atoms with Gasteiger partial charge in [0.05, 0.1) is 16.6 Å². The third-order valence-corrected chi connectivity index (χ3v) is 4.25. The zero-order valence-corrected chi connectivity index (χ0v) is 14.0. The van der Waals surface area contributed by atoms with Crippen LogP contribution >= 0.6 is 0 Å². The molecule has 0 unspecified atom stereocenters. The Labute approximate surface area is 144 Å². The summed E-state index contributed by atoms with van der Waals surface area (Å²) in [7, 11) is 0. The molecule has 1 fully saturated rings. The molecule has 1 aliphatic heterocycles. The van der Waals surface area contributed by atoms with Gasteiger partial charge in [-0.25, -0.2) is 4.79 Å². The summed E-state index contributed by atoms with van der Waals surface area (Å²) in [5, 5.41) is 25.5. The van der Waals surface area contributed by atoms with Crippen LogP contribution in [0.1, 0.15) is 32.3 Å². The van der Waals surface area contributed by atoms with Crippen LogP contribution in [0.3, 0.4) is 0 Å². The molecular weight excluding hydrogens is 326 g/mol. The highest BCUT2D eigenvalue weighted by Gasteiger charge is 2.45. The lowest BCUT2D eigenvalue weighted by Gasteiger charge is -2.19. The molecule has 0 spiro atoms. The summed E-state index contributed by atoms with van der Waals surface area (Å²) in [6.45, 7) is 4.07. The Morgan fingerprint density at radius 1 is 1.44 bits per heavy atom. The number of nitro groups is 1. The van der Waals surface area contributed by atoms with Gasteiger partial charge >= 0.3 is 6.03 Å². The minimum Gasteiger partial charge on any atom is -0.379 e. The van der Waals surface area contributed by atoms with E-state index < -0.39 is 16.5 Å². The molecular formula is C16H19N5O4. The first-order valence-electron chi connectivity index (χ1n) is 7.89. The van der Waals surface area contributed by atoms with Crippen molar-refractivity contribution in [3.05, 3.63) is 33.9 Å². The average molecular weight is 345 g/mol. The van der Waals surface area contributed by atoms with Crippen LogP contribution in [0.25, 0.3) is 0 Å². The Balaban J connectivity index is 1.94. The molecule has 2 N–H and O–H groups in total.